The Morgan fingerprint density at radius 3 is 1.83 bits per heavy atom. The van der Waals surface area contributed by atoms with E-state index in [1.165, 1.54) is 0 Å². The first-order valence-corrected chi connectivity index (χ1v) is 7.67. The maximum atomic E-state index is 13.5. The molecule has 0 heterocycles. The number of hydrogen-bond acceptors (Lipinski definition) is 1. The van der Waals surface area contributed by atoms with E-state index >= 15 is 0 Å². The van der Waals surface area contributed by atoms with Crippen molar-refractivity contribution in [1.82, 2.24) is 0 Å². The number of unbranched alkanes of at least 4 members (excludes halogenated alkanes) is 4. The molecule has 0 aliphatic rings. The Morgan fingerprint density at radius 2 is 1.33 bits per heavy atom. The van der Waals surface area contributed by atoms with Gasteiger partial charge in [-0.2, -0.15) is 35.1 Å². The van der Waals surface area contributed by atoms with Gasteiger partial charge in [0, 0.05) is 13.0 Å². The van der Waals surface area contributed by atoms with Crippen molar-refractivity contribution in [2.75, 3.05) is 6.61 Å². The number of allylic oxidation sites excluding steroid dienone is 1. The highest BCUT2D eigenvalue weighted by Gasteiger charge is 2.79. The Balaban J connectivity index is 5.13. The van der Waals surface area contributed by atoms with Gasteiger partial charge in [-0.1, -0.05) is 38.7 Å². The molecule has 1 N–H and O–H groups in total. The van der Waals surface area contributed by atoms with Gasteiger partial charge in [0.2, 0.25) is 0 Å². The molecule has 0 aromatic rings. The molecule has 0 aliphatic heterocycles. The molecule has 9 heteroatoms. The van der Waals surface area contributed by atoms with Gasteiger partial charge in [0.15, 0.2) is 0 Å². The van der Waals surface area contributed by atoms with Crippen LogP contribution in [0.3, 0.4) is 0 Å². The number of alkyl halides is 8. The minimum atomic E-state index is -6.27. The normalized spacial score (nSPS) is 14.6. The van der Waals surface area contributed by atoms with Crippen LogP contribution in [-0.4, -0.2) is 35.4 Å². The summed E-state index contributed by atoms with van der Waals surface area (Å²) in [5.74, 6) is -23.2. The van der Waals surface area contributed by atoms with Crippen LogP contribution < -0.4 is 0 Å². The summed E-state index contributed by atoms with van der Waals surface area (Å²) in [6, 6.07) is 0. The molecule has 0 aromatic heterocycles. The van der Waals surface area contributed by atoms with Crippen LogP contribution in [0.25, 0.3) is 0 Å². The van der Waals surface area contributed by atoms with E-state index in [9.17, 15) is 35.1 Å². The number of halogens is 8. The minimum Gasteiger partial charge on any atom is -0.396 e. The minimum absolute atomic E-state index is 0.123. The summed E-state index contributed by atoms with van der Waals surface area (Å²) in [7, 11) is 0. The average molecular weight is 370 g/mol. The molecule has 0 radical (unpaired) electrons. The molecule has 0 saturated carbocycles. The molecule has 0 aliphatic carbocycles. The maximum Gasteiger partial charge on any atom is 0.381 e. The molecule has 0 amide bonds. The second kappa shape index (κ2) is 9.01. The Bertz CT molecular complexity index is 393. The summed E-state index contributed by atoms with van der Waals surface area (Å²) < 4.78 is 107. The van der Waals surface area contributed by atoms with Gasteiger partial charge >= 0.3 is 23.7 Å². The molecule has 0 bridgehead atoms. The van der Waals surface area contributed by atoms with E-state index in [1.807, 2.05) is 6.92 Å². The fourth-order valence-corrected chi connectivity index (χ4v) is 1.96. The topological polar surface area (TPSA) is 20.2 Å². The van der Waals surface area contributed by atoms with Crippen LogP contribution in [0.5, 0.6) is 0 Å². The quantitative estimate of drug-likeness (QED) is 0.260. The standard InChI is InChI=1S/C15H22F8O/c1-2-3-4-5-6-9-12(16,17)14(20,21)15(22,23)13(18,19)10-7-8-11-24/h7,10,24H,2-6,8-9,11H2,1H3/b10-7+. The lowest BCUT2D eigenvalue weighted by molar-refractivity contribution is -0.356. The fraction of sp³-hybridized carbons (Fsp3) is 0.867. The van der Waals surface area contributed by atoms with Crippen LogP contribution in [0.4, 0.5) is 35.1 Å². The highest BCUT2D eigenvalue weighted by molar-refractivity contribution is 5.11. The van der Waals surface area contributed by atoms with Crippen molar-refractivity contribution in [2.24, 2.45) is 0 Å². The molecule has 0 rings (SSSR count). The van der Waals surface area contributed by atoms with E-state index in [0.717, 1.165) is 6.42 Å². The lowest BCUT2D eigenvalue weighted by Crippen LogP contribution is -2.61. The average Bonchev–Trinajstić information content (AvgIpc) is 2.46. The van der Waals surface area contributed by atoms with Crippen LogP contribution in [0.1, 0.15) is 51.9 Å². The highest BCUT2D eigenvalue weighted by Crippen LogP contribution is 2.54. The van der Waals surface area contributed by atoms with Gasteiger partial charge in [0.25, 0.3) is 0 Å². The molecule has 144 valence electrons. The summed E-state index contributed by atoms with van der Waals surface area (Å²) in [4.78, 5) is 0. The van der Waals surface area contributed by atoms with Crippen LogP contribution in [0.15, 0.2) is 12.2 Å². The van der Waals surface area contributed by atoms with Crippen molar-refractivity contribution in [1.29, 1.82) is 0 Å². The van der Waals surface area contributed by atoms with Gasteiger partial charge in [-0.15, -0.1) is 0 Å². The van der Waals surface area contributed by atoms with E-state index < -0.39 is 55.6 Å². The first-order chi connectivity index (χ1) is 10.9. The monoisotopic (exact) mass is 370 g/mol. The smallest absolute Gasteiger partial charge is 0.381 e. The third kappa shape index (κ3) is 5.32. The number of hydrogen-bond donors (Lipinski definition) is 1. The summed E-state index contributed by atoms with van der Waals surface area (Å²) in [5.41, 5.74) is 0. The first kappa shape index (κ1) is 23.1. The largest absolute Gasteiger partial charge is 0.396 e. The molecule has 0 aromatic carbocycles. The predicted octanol–water partition coefficient (Wildman–Crippen LogP) is 5.83. The molecular weight excluding hydrogens is 348 g/mol. The van der Waals surface area contributed by atoms with E-state index in [1.54, 1.807) is 0 Å². The van der Waals surface area contributed by atoms with E-state index in [-0.39, 0.29) is 6.42 Å². The van der Waals surface area contributed by atoms with Crippen molar-refractivity contribution in [3.8, 4) is 0 Å². The first-order valence-electron chi connectivity index (χ1n) is 7.67. The third-order valence-corrected chi connectivity index (χ3v) is 3.49. The fourth-order valence-electron chi connectivity index (χ4n) is 1.96. The molecule has 0 atom stereocenters. The van der Waals surface area contributed by atoms with E-state index in [0.29, 0.717) is 18.9 Å². The highest BCUT2D eigenvalue weighted by atomic mass is 19.4. The summed E-state index contributed by atoms with van der Waals surface area (Å²) in [6.45, 7) is 1.15. The summed E-state index contributed by atoms with van der Waals surface area (Å²) in [5, 5.41) is 8.36. The zero-order valence-corrected chi connectivity index (χ0v) is 13.3. The third-order valence-electron chi connectivity index (χ3n) is 3.49. The maximum absolute atomic E-state index is 13.5. The van der Waals surface area contributed by atoms with Crippen LogP contribution in [0, 0.1) is 0 Å². The predicted molar refractivity (Wildman–Crippen MR) is 74.0 cm³/mol. The number of rotatable bonds is 12. The van der Waals surface area contributed by atoms with Gasteiger partial charge in [-0.3, -0.25) is 0 Å². The zero-order valence-electron chi connectivity index (χ0n) is 13.3. The van der Waals surface area contributed by atoms with Crippen molar-refractivity contribution < 1.29 is 40.2 Å². The Kier molecular flexibility index (Phi) is 8.69. The zero-order chi connectivity index (χ0) is 19.1. The van der Waals surface area contributed by atoms with Crippen molar-refractivity contribution >= 4 is 0 Å². The Morgan fingerprint density at radius 1 is 0.792 bits per heavy atom. The lowest BCUT2D eigenvalue weighted by atomic mass is 9.94. The van der Waals surface area contributed by atoms with Gasteiger partial charge in [-0.25, -0.2) is 0 Å². The van der Waals surface area contributed by atoms with Gasteiger partial charge in [0.1, 0.15) is 0 Å². The molecule has 24 heavy (non-hydrogen) atoms. The van der Waals surface area contributed by atoms with Crippen LogP contribution in [-0.2, 0) is 0 Å². The summed E-state index contributed by atoms with van der Waals surface area (Å²) in [6.07, 6.45) is -0.776. The summed E-state index contributed by atoms with van der Waals surface area (Å²) >= 11 is 0. The second-order valence-corrected chi connectivity index (χ2v) is 5.56. The Hall–Kier alpha value is -0.860. The number of aliphatic hydroxyl groups excluding tert-OH is 1. The van der Waals surface area contributed by atoms with E-state index in [4.69, 9.17) is 5.11 Å². The molecule has 0 saturated heterocycles. The van der Waals surface area contributed by atoms with Crippen molar-refractivity contribution in [3.05, 3.63) is 12.2 Å². The van der Waals surface area contributed by atoms with Crippen LogP contribution in [0.2, 0.25) is 0 Å². The van der Waals surface area contributed by atoms with Gasteiger partial charge in [-0.05, 0) is 18.9 Å². The van der Waals surface area contributed by atoms with Gasteiger partial charge < -0.3 is 5.11 Å². The lowest BCUT2D eigenvalue weighted by Gasteiger charge is -2.35. The SMILES string of the molecule is CCCCCCCC(F)(F)C(F)(F)C(F)(F)C(F)(F)/C=C/CCO. The van der Waals surface area contributed by atoms with Gasteiger partial charge in [0.05, 0.1) is 0 Å². The molecule has 0 unspecified atom stereocenters. The Labute approximate surface area is 135 Å². The second-order valence-electron chi connectivity index (χ2n) is 5.56. The van der Waals surface area contributed by atoms with Crippen molar-refractivity contribution in [2.45, 2.75) is 75.6 Å². The van der Waals surface area contributed by atoms with E-state index in [2.05, 4.69) is 0 Å². The molecule has 1 nitrogen and oxygen atoms in total. The molecule has 0 fully saturated rings. The molecule has 0 spiro atoms. The van der Waals surface area contributed by atoms with Crippen LogP contribution >= 0.6 is 0 Å². The van der Waals surface area contributed by atoms with Crippen molar-refractivity contribution in [3.63, 3.8) is 0 Å². The number of aliphatic hydroxyl groups is 1. The molecular formula is C15H22F8O.